The van der Waals surface area contributed by atoms with Crippen molar-refractivity contribution in [1.29, 1.82) is 0 Å². The van der Waals surface area contributed by atoms with Crippen molar-refractivity contribution in [2.75, 3.05) is 4.90 Å². The third kappa shape index (κ3) is 7.69. The molecular formula is C72H48N2O. The van der Waals surface area contributed by atoms with Crippen molar-refractivity contribution < 1.29 is 4.42 Å². The normalized spacial score (nSPS) is 11.5. The van der Waals surface area contributed by atoms with Crippen molar-refractivity contribution in [1.82, 2.24) is 4.57 Å². The Kier molecular flexibility index (Phi) is 10.8. The van der Waals surface area contributed by atoms with Crippen LogP contribution in [-0.2, 0) is 0 Å². The second-order valence-electron chi connectivity index (χ2n) is 19.2. The van der Waals surface area contributed by atoms with Crippen LogP contribution in [0.3, 0.4) is 0 Å². The minimum Gasteiger partial charge on any atom is -0.455 e. The van der Waals surface area contributed by atoms with Crippen LogP contribution in [0.2, 0.25) is 0 Å². The number of para-hydroxylation sites is 5. The fraction of sp³-hybridized carbons (Fsp3) is 0. The molecule has 0 saturated carbocycles. The van der Waals surface area contributed by atoms with E-state index in [4.69, 9.17) is 4.42 Å². The Bertz CT molecular complexity index is 4400. The van der Waals surface area contributed by atoms with Gasteiger partial charge in [-0.1, -0.05) is 224 Å². The molecule has 12 aromatic carbocycles. The molecule has 0 unspecified atom stereocenters. The Morgan fingerprint density at radius 2 is 0.800 bits per heavy atom. The number of furan rings is 1. The molecule has 0 fully saturated rings. The summed E-state index contributed by atoms with van der Waals surface area (Å²) in [5, 5.41) is 4.68. The Balaban J connectivity index is 0.970. The number of nitrogens with zero attached hydrogens (tertiary/aromatic N) is 2. The largest absolute Gasteiger partial charge is 0.455 e. The Labute approximate surface area is 436 Å². The predicted molar refractivity (Wildman–Crippen MR) is 315 cm³/mol. The van der Waals surface area contributed by atoms with Crippen molar-refractivity contribution in [2.24, 2.45) is 0 Å². The average molecular weight is 957 g/mol. The first-order valence-corrected chi connectivity index (χ1v) is 25.7. The molecule has 2 heterocycles. The number of anilines is 3. The van der Waals surface area contributed by atoms with E-state index in [9.17, 15) is 0 Å². The molecule has 0 aliphatic rings. The molecule has 0 atom stereocenters. The summed E-state index contributed by atoms with van der Waals surface area (Å²) in [5.41, 5.74) is 22.2. The molecule has 0 aliphatic heterocycles. The standard InChI is InChI=1S/C72H48N2O/c1-4-21-49(22-5-1)57-29-10-11-33-63(57)71-58(50-23-6-2-7-24-50)34-19-36-64(71)60-30-12-15-38-67(60)73(55-44-41-51(42-45-55)59-35-20-37-65-62-32-14-17-40-70(62)75-72(59)65)56-28-18-25-52(47-56)53-43-46-69-66(48-53)61-31-13-16-39-68(61)74(69)54-26-8-3-9-27-54/h1-48H. The molecule has 14 rings (SSSR count). The van der Waals surface area contributed by atoms with E-state index in [1.54, 1.807) is 0 Å². The Morgan fingerprint density at radius 1 is 0.280 bits per heavy atom. The maximum Gasteiger partial charge on any atom is 0.143 e. The molecule has 0 N–H and O–H groups in total. The van der Waals surface area contributed by atoms with Gasteiger partial charge in [-0.15, -0.1) is 0 Å². The lowest BCUT2D eigenvalue weighted by Gasteiger charge is -2.29. The summed E-state index contributed by atoms with van der Waals surface area (Å²) in [4.78, 5) is 2.44. The van der Waals surface area contributed by atoms with Crippen LogP contribution in [0, 0.1) is 0 Å². The van der Waals surface area contributed by atoms with E-state index in [-0.39, 0.29) is 0 Å². The van der Waals surface area contributed by atoms with Crippen molar-refractivity contribution in [3.8, 4) is 72.4 Å². The van der Waals surface area contributed by atoms with Gasteiger partial charge in [0, 0.05) is 49.7 Å². The van der Waals surface area contributed by atoms with E-state index in [2.05, 4.69) is 289 Å². The Morgan fingerprint density at radius 3 is 1.60 bits per heavy atom. The first-order chi connectivity index (χ1) is 37.2. The van der Waals surface area contributed by atoms with Crippen LogP contribution in [-0.4, -0.2) is 4.57 Å². The third-order valence-electron chi connectivity index (χ3n) is 14.8. The van der Waals surface area contributed by atoms with Gasteiger partial charge < -0.3 is 13.9 Å². The van der Waals surface area contributed by atoms with Crippen LogP contribution in [0.15, 0.2) is 296 Å². The van der Waals surface area contributed by atoms with Crippen molar-refractivity contribution >= 4 is 60.8 Å². The number of rotatable bonds is 10. The van der Waals surface area contributed by atoms with E-state index >= 15 is 0 Å². The minimum atomic E-state index is 0.891. The highest BCUT2D eigenvalue weighted by Gasteiger charge is 2.24. The Hall–Kier alpha value is -9.96. The number of aromatic nitrogens is 1. The van der Waals surface area contributed by atoms with Crippen molar-refractivity contribution in [3.05, 3.63) is 291 Å². The van der Waals surface area contributed by atoms with E-state index in [1.807, 2.05) is 12.1 Å². The summed E-state index contributed by atoms with van der Waals surface area (Å²) < 4.78 is 8.94. The van der Waals surface area contributed by atoms with Crippen LogP contribution in [0.25, 0.3) is 116 Å². The maximum absolute atomic E-state index is 6.56. The highest BCUT2D eigenvalue weighted by atomic mass is 16.3. The van der Waals surface area contributed by atoms with Gasteiger partial charge in [-0.3, -0.25) is 0 Å². The fourth-order valence-corrected chi connectivity index (χ4v) is 11.4. The van der Waals surface area contributed by atoms with E-state index in [0.717, 1.165) is 83.6 Å². The number of hydrogen-bond donors (Lipinski definition) is 0. The van der Waals surface area contributed by atoms with Gasteiger partial charge >= 0.3 is 0 Å². The van der Waals surface area contributed by atoms with Crippen LogP contribution >= 0.6 is 0 Å². The van der Waals surface area contributed by atoms with Crippen LogP contribution in [0.1, 0.15) is 0 Å². The predicted octanol–water partition coefficient (Wildman–Crippen LogP) is 20.2. The second-order valence-corrected chi connectivity index (χ2v) is 19.2. The summed E-state index contributed by atoms with van der Waals surface area (Å²) in [6, 6.07) is 105. The zero-order valence-corrected chi connectivity index (χ0v) is 41.0. The van der Waals surface area contributed by atoms with Gasteiger partial charge in [-0.05, 0) is 122 Å². The van der Waals surface area contributed by atoms with Gasteiger partial charge in [0.25, 0.3) is 0 Å². The lowest BCUT2D eigenvalue weighted by molar-refractivity contribution is 0.670. The molecule has 3 heteroatoms. The van der Waals surface area contributed by atoms with Gasteiger partial charge in [-0.2, -0.15) is 0 Å². The number of benzene rings is 12. The molecule has 0 aliphatic carbocycles. The fourth-order valence-electron chi connectivity index (χ4n) is 11.4. The highest BCUT2D eigenvalue weighted by molar-refractivity contribution is 6.12. The zero-order chi connectivity index (χ0) is 49.7. The minimum absolute atomic E-state index is 0.891. The molecule has 0 saturated heterocycles. The van der Waals surface area contributed by atoms with Crippen molar-refractivity contribution in [2.45, 2.75) is 0 Å². The molecule has 2 aromatic heterocycles. The molecule has 0 amide bonds. The quantitative estimate of drug-likeness (QED) is 0.136. The summed E-state index contributed by atoms with van der Waals surface area (Å²) in [7, 11) is 0. The van der Waals surface area contributed by atoms with Gasteiger partial charge in [-0.25, -0.2) is 0 Å². The van der Waals surface area contributed by atoms with Crippen LogP contribution in [0.4, 0.5) is 17.1 Å². The number of fused-ring (bicyclic) bond motifs is 6. The summed E-state index contributed by atoms with van der Waals surface area (Å²) in [6.45, 7) is 0. The highest BCUT2D eigenvalue weighted by Crippen LogP contribution is 2.49. The van der Waals surface area contributed by atoms with E-state index < -0.39 is 0 Å². The first kappa shape index (κ1) is 43.8. The molecular weight excluding hydrogens is 909 g/mol. The molecule has 3 nitrogen and oxygen atoms in total. The monoisotopic (exact) mass is 956 g/mol. The zero-order valence-electron chi connectivity index (χ0n) is 41.0. The van der Waals surface area contributed by atoms with Gasteiger partial charge in [0.2, 0.25) is 0 Å². The summed E-state index contributed by atoms with van der Waals surface area (Å²) >= 11 is 0. The lowest BCUT2D eigenvalue weighted by Crippen LogP contribution is -2.11. The molecule has 0 bridgehead atoms. The smallest absolute Gasteiger partial charge is 0.143 e. The van der Waals surface area contributed by atoms with Gasteiger partial charge in [0.15, 0.2) is 0 Å². The molecule has 75 heavy (non-hydrogen) atoms. The molecule has 14 aromatic rings. The van der Waals surface area contributed by atoms with Crippen LogP contribution < -0.4 is 4.90 Å². The van der Waals surface area contributed by atoms with Crippen LogP contribution in [0.5, 0.6) is 0 Å². The average Bonchev–Trinajstić information content (AvgIpc) is 4.04. The van der Waals surface area contributed by atoms with Gasteiger partial charge in [0.05, 0.1) is 16.7 Å². The lowest BCUT2D eigenvalue weighted by atomic mass is 9.84. The number of hydrogen-bond acceptors (Lipinski definition) is 2. The van der Waals surface area contributed by atoms with Gasteiger partial charge in [0.1, 0.15) is 11.2 Å². The molecule has 0 spiro atoms. The summed E-state index contributed by atoms with van der Waals surface area (Å²) in [5.74, 6) is 0. The second kappa shape index (κ2) is 18.6. The third-order valence-corrected chi connectivity index (χ3v) is 14.8. The maximum atomic E-state index is 6.56. The molecule has 0 radical (unpaired) electrons. The first-order valence-electron chi connectivity index (χ1n) is 25.7. The summed E-state index contributed by atoms with van der Waals surface area (Å²) in [6.07, 6.45) is 0. The topological polar surface area (TPSA) is 21.3 Å². The molecule has 352 valence electrons. The van der Waals surface area contributed by atoms with Crippen molar-refractivity contribution in [3.63, 3.8) is 0 Å². The van der Waals surface area contributed by atoms with E-state index in [0.29, 0.717) is 0 Å². The SMILES string of the molecule is c1ccc(-c2ccccc2-c2c(-c3ccccc3)cccc2-c2ccccc2N(c2ccc(-c3cccc4c3oc3ccccc34)cc2)c2cccc(-c3ccc4c(c3)c3ccccc3n4-c3ccccc3)c2)cc1. The van der Waals surface area contributed by atoms with E-state index in [1.165, 1.54) is 49.6 Å².